The minimum atomic E-state index is -0.375. The van der Waals surface area contributed by atoms with Crippen LogP contribution in [0.2, 0.25) is 0 Å². The average molecular weight is 357 g/mol. The fraction of sp³-hybridized carbons (Fsp3) is 0.357. The molecule has 0 spiro atoms. The number of benzene rings is 1. The molecule has 0 bridgehead atoms. The van der Waals surface area contributed by atoms with E-state index in [0.717, 1.165) is 11.3 Å². The molecule has 2 aromatic rings. The minimum Gasteiger partial charge on any atom is -0.493 e. The lowest BCUT2D eigenvalue weighted by Gasteiger charge is -2.22. The number of rotatable bonds is 5. The van der Waals surface area contributed by atoms with E-state index in [1.165, 1.54) is 12.1 Å². The van der Waals surface area contributed by atoms with Crippen molar-refractivity contribution >= 4 is 15.9 Å². The monoisotopic (exact) mass is 356 g/mol. The highest BCUT2D eigenvalue weighted by Crippen LogP contribution is 2.34. The van der Waals surface area contributed by atoms with Gasteiger partial charge < -0.3 is 4.74 Å². The van der Waals surface area contributed by atoms with E-state index in [9.17, 15) is 4.39 Å². The number of methoxy groups -OCH3 is 1. The molecule has 1 aromatic heterocycles. The first-order chi connectivity index (χ1) is 9.99. The first-order valence-electron chi connectivity index (χ1n) is 6.52. The molecule has 0 aliphatic rings. The van der Waals surface area contributed by atoms with Crippen LogP contribution in [-0.2, 0) is 0 Å². The van der Waals surface area contributed by atoms with Crippen molar-refractivity contribution in [1.82, 2.24) is 15.2 Å². The van der Waals surface area contributed by atoms with Crippen LogP contribution in [0.3, 0.4) is 0 Å². The molecule has 1 unspecified atom stereocenters. The third-order valence-corrected chi connectivity index (χ3v) is 3.91. The van der Waals surface area contributed by atoms with Gasteiger partial charge in [-0.25, -0.2) is 9.82 Å². The van der Waals surface area contributed by atoms with Crippen LogP contribution < -0.4 is 16.0 Å². The van der Waals surface area contributed by atoms with Crippen LogP contribution in [0.5, 0.6) is 5.75 Å². The van der Waals surface area contributed by atoms with E-state index in [2.05, 4.69) is 26.5 Å². The van der Waals surface area contributed by atoms with Crippen molar-refractivity contribution in [2.24, 2.45) is 5.84 Å². The van der Waals surface area contributed by atoms with Crippen LogP contribution >= 0.6 is 15.9 Å². The maximum absolute atomic E-state index is 13.3. The topological polar surface area (TPSA) is 65.1 Å². The van der Waals surface area contributed by atoms with Gasteiger partial charge in [0.05, 0.1) is 19.3 Å². The minimum absolute atomic E-state index is 0.138. The second-order valence-electron chi connectivity index (χ2n) is 4.90. The third kappa shape index (κ3) is 3.09. The summed E-state index contributed by atoms with van der Waals surface area (Å²) in [6, 6.07) is 4.25. The summed E-state index contributed by atoms with van der Waals surface area (Å²) < 4.78 is 21.1. The van der Waals surface area contributed by atoms with Gasteiger partial charge in [-0.15, -0.1) is 0 Å². The number of hydrogen-bond donors (Lipinski definition) is 2. The lowest BCUT2D eigenvalue weighted by atomic mass is 10.0. The molecule has 0 amide bonds. The SMILES string of the molecule is COc1cnn(C(C)C)c1C(NN)c1ccc(F)cc1Br. The van der Waals surface area contributed by atoms with Crippen molar-refractivity contribution in [1.29, 1.82) is 0 Å². The summed E-state index contributed by atoms with van der Waals surface area (Å²) in [6.45, 7) is 4.03. The summed E-state index contributed by atoms with van der Waals surface area (Å²) in [5.41, 5.74) is 4.36. The van der Waals surface area contributed by atoms with E-state index in [-0.39, 0.29) is 17.9 Å². The summed E-state index contributed by atoms with van der Waals surface area (Å²) in [5, 5.41) is 4.33. The molecule has 0 saturated carbocycles. The van der Waals surface area contributed by atoms with Crippen LogP contribution in [-0.4, -0.2) is 16.9 Å². The first-order valence-corrected chi connectivity index (χ1v) is 7.31. The van der Waals surface area contributed by atoms with E-state index in [4.69, 9.17) is 10.6 Å². The highest BCUT2D eigenvalue weighted by Gasteiger charge is 2.25. The zero-order chi connectivity index (χ0) is 15.6. The maximum atomic E-state index is 13.3. The van der Waals surface area contributed by atoms with Gasteiger partial charge >= 0.3 is 0 Å². The zero-order valence-corrected chi connectivity index (χ0v) is 13.7. The summed E-state index contributed by atoms with van der Waals surface area (Å²) in [4.78, 5) is 0. The Morgan fingerprint density at radius 1 is 1.43 bits per heavy atom. The average Bonchev–Trinajstić information content (AvgIpc) is 2.86. The van der Waals surface area contributed by atoms with Crippen molar-refractivity contribution in [3.8, 4) is 5.75 Å². The molecule has 7 heteroatoms. The Balaban J connectivity index is 2.58. The van der Waals surface area contributed by atoms with Crippen LogP contribution in [0.4, 0.5) is 4.39 Å². The fourth-order valence-corrected chi connectivity index (χ4v) is 2.83. The van der Waals surface area contributed by atoms with Gasteiger partial charge in [0, 0.05) is 10.5 Å². The molecule has 0 saturated heterocycles. The summed E-state index contributed by atoms with van der Waals surface area (Å²) in [6.07, 6.45) is 1.65. The predicted octanol–water partition coefficient (Wildman–Crippen LogP) is 2.93. The molecular formula is C14H18BrFN4O. The summed E-state index contributed by atoms with van der Waals surface area (Å²) in [5.74, 6) is 6.05. The number of halogens is 2. The molecule has 114 valence electrons. The number of aromatic nitrogens is 2. The molecule has 21 heavy (non-hydrogen) atoms. The first kappa shape index (κ1) is 15.9. The molecule has 0 aliphatic heterocycles. The van der Waals surface area contributed by atoms with Crippen molar-refractivity contribution in [2.45, 2.75) is 25.9 Å². The standard InChI is InChI=1S/C14H18BrFN4O/c1-8(2)20-14(12(21-3)7-18-20)13(19-17)10-5-4-9(16)6-11(10)15/h4-8,13,19H,17H2,1-3H3. The third-order valence-electron chi connectivity index (χ3n) is 3.22. The molecule has 0 radical (unpaired) electrons. The van der Waals surface area contributed by atoms with Gasteiger partial charge in [0.15, 0.2) is 5.75 Å². The van der Waals surface area contributed by atoms with Crippen LogP contribution in [0, 0.1) is 5.82 Å². The van der Waals surface area contributed by atoms with Gasteiger partial charge in [0.1, 0.15) is 11.5 Å². The number of nitrogens with zero attached hydrogens (tertiary/aromatic N) is 2. The van der Waals surface area contributed by atoms with Crippen LogP contribution in [0.15, 0.2) is 28.9 Å². The quantitative estimate of drug-likeness (QED) is 0.638. The smallest absolute Gasteiger partial charge is 0.161 e. The van der Waals surface area contributed by atoms with E-state index >= 15 is 0 Å². The second kappa shape index (κ2) is 6.55. The van der Waals surface area contributed by atoms with Gasteiger partial charge in [-0.1, -0.05) is 22.0 Å². The molecule has 0 aliphatic carbocycles. The number of ether oxygens (including phenoxy) is 1. The van der Waals surface area contributed by atoms with Crippen molar-refractivity contribution in [3.05, 3.63) is 45.9 Å². The number of nitrogens with two attached hydrogens (primary N) is 1. The van der Waals surface area contributed by atoms with Crippen molar-refractivity contribution in [3.63, 3.8) is 0 Å². The molecule has 2 rings (SSSR count). The van der Waals surface area contributed by atoms with E-state index in [1.807, 2.05) is 18.5 Å². The zero-order valence-electron chi connectivity index (χ0n) is 12.1. The highest BCUT2D eigenvalue weighted by molar-refractivity contribution is 9.10. The van der Waals surface area contributed by atoms with E-state index < -0.39 is 0 Å². The Labute approximate surface area is 131 Å². The number of hydrogen-bond acceptors (Lipinski definition) is 4. The van der Waals surface area contributed by atoms with Gasteiger partial charge in [0.25, 0.3) is 0 Å². The summed E-state index contributed by atoms with van der Waals surface area (Å²) >= 11 is 3.38. The Morgan fingerprint density at radius 3 is 2.67 bits per heavy atom. The Morgan fingerprint density at radius 2 is 2.14 bits per heavy atom. The Kier molecular flexibility index (Phi) is 4.97. The maximum Gasteiger partial charge on any atom is 0.161 e. The highest BCUT2D eigenvalue weighted by atomic mass is 79.9. The molecule has 5 nitrogen and oxygen atoms in total. The van der Waals surface area contributed by atoms with Crippen LogP contribution in [0.1, 0.15) is 37.2 Å². The van der Waals surface area contributed by atoms with Gasteiger partial charge in [-0.2, -0.15) is 5.10 Å². The van der Waals surface area contributed by atoms with E-state index in [1.54, 1.807) is 19.4 Å². The molecular weight excluding hydrogens is 339 g/mol. The largest absolute Gasteiger partial charge is 0.493 e. The van der Waals surface area contributed by atoms with Crippen LogP contribution in [0.25, 0.3) is 0 Å². The van der Waals surface area contributed by atoms with E-state index in [0.29, 0.717) is 10.2 Å². The molecule has 1 atom stereocenters. The normalized spacial score (nSPS) is 12.7. The van der Waals surface area contributed by atoms with Crippen molar-refractivity contribution in [2.75, 3.05) is 7.11 Å². The lowest BCUT2D eigenvalue weighted by molar-refractivity contribution is 0.394. The second-order valence-corrected chi connectivity index (χ2v) is 5.76. The van der Waals surface area contributed by atoms with Gasteiger partial charge in [0.2, 0.25) is 0 Å². The van der Waals surface area contributed by atoms with Gasteiger partial charge in [-0.3, -0.25) is 10.5 Å². The Hall–Kier alpha value is -1.44. The molecule has 3 N–H and O–H groups in total. The molecule has 0 fully saturated rings. The molecule has 1 aromatic carbocycles. The van der Waals surface area contributed by atoms with Gasteiger partial charge in [-0.05, 0) is 31.5 Å². The van der Waals surface area contributed by atoms with Crippen molar-refractivity contribution < 1.29 is 9.13 Å². The lowest BCUT2D eigenvalue weighted by Crippen LogP contribution is -2.31. The number of hydrazine groups is 1. The Bertz CT molecular complexity index is 629. The summed E-state index contributed by atoms with van der Waals surface area (Å²) in [7, 11) is 1.58. The molecule has 1 heterocycles. The number of nitrogens with one attached hydrogen (secondary N) is 1. The predicted molar refractivity (Wildman–Crippen MR) is 82.4 cm³/mol. The fourth-order valence-electron chi connectivity index (χ4n) is 2.25.